The smallest absolute Gasteiger partial charge is 0.123 e. The highest BCUT2D eigenvalue weighted by Crippen LogP contribution is 2.55. The van der Waals surface area contributed by atoms with E-state index in [1.54, 1.807) is 7.11 Å². The van der Waals surface area contributed by atoms with Gasteiger partial charge in [0.2, 0.25) is 0 Å². The zero-order chi connectivity index (χ0) is 22.1. The van der Waals surface area contributed by atoms with Crippen molar-refractivity contribution in [2.24, 2.45) is 17.8 Å². The van der Waals surface area contributed by atoms with Gasteiger partial charge in [-0.2, -0.15) is 0 Å². The molecular weight excluding hydrogens is 390 g/mol. The molecule has 166 valence electrons. The van der Waals surface area contributed by atoms with E-state index in [0.29, 0.717) is 17.9 Å². The molecule has 4 atom stereocenters. The van der Waals surface area contributed by atoms with E-state index < -0.39 is 0 Å². The minimum atomic E-state index is 0.437. The summed E-state index contributed by atoms with van der Waals surface area (Å²) in [4.78, 5) is 0. The van der Waals surface area contributed by atoms with Crippen LogP contribution in [0.15, 0.2) is 72.8 Å². The number of ether oxygens (including phenoxy) is 1. The molecule has 2 saturated carbocycles. The van der Waals surface area contributed by atoms with Crippen molar-refractivity contribution in [2.45, 2.75) is 51.6 Å². The summed E-state index contributed by atoms with van der Waals surface area (Å²) in [6.07, 6.45) is 4.10. The molecule has 2 aliphatic carbocycles. The Labute approximate surface area is 193 Å². The molecular formula is C30H35NO. The number of nitrogens with one attached hydrogen (secondary N) is 1. The number of methoxy groups -OCH3 is 1. The summed E-state index contributed by atoms with van der Waals surface area (Å²) in [5, 5.41) is 4.04. The molecule has 0 aliphatic heterocycles. The molecule has 3 aromatic rings. The molecule has 4 unspecified atom stereocenters. The monoisotopic (exact) mass is 425 g/mol. The molecule has 0 heterocycles. The fraction of sp³-hybridized carbons (Fsp3) is 0.400. The lowest BCUT2D eigenvalue weighted by Crippen LogP contribution is -2.43. The van der Waals surface area contributed by atoms with Crippen molar-refractivity contribution < 1.29 is 4.74 Å². The van der Waals surface area contributed by atoms with Crippen molar-refractivity contribution in [3.63, 3.8) is 0 Å². The lowest BCUT2D eigenvalue weighted by molar-refractivity contribution is 0.224. The van der Waals surface area contributed by atoms with Gasteiger partial charge in [0.1, 0.15) is 5.75 Å². The van der Waals surface area contributed by atoms with Gasteiger partial charge < -0.3 is 10.1 Å². The van der Waals surface area contributed by atoms with Crippen LogP contribution in [-0.2, 0) is 6.54 Å². The summed E-state index contributed by atoms with van der Waals surface area (Å²) in [5.41, 5.74) is 6.79. The maximum absolute atomic E-state index is 5.73. The molecule has 5 rings (SSSR count). The van der Waals surface area contributed by atoms with E-state index in [0.717, 1.165) is 24.1 Å². The molecule has 2 aliphatic rings. The van der Waals surface area contributed by atoms with Gasteiger partial charge in [-0.25, -0.2) is 0 Å². The maximum atomic E-state index is 5.73. The minimum absolute atomic E-state index is 0.437. The summed E-state index contributed by atoms with van der Waals surface area (Å²) < 4.78 is 5.73. The highest BCUT2D eigenvalue weighted by atomic mass is 16.5. The van der Waals surface area contributed by atoms with Crippen LogP contribution in [0.2, 0.25) is 0 Å². The molecule has 3 aromatic carbocycles. The molecule has 0 aromatic heterocycles. The third-order valence-corrected chi connectivity index (χ3v) is 8.11. The van der Waals surface area contributed by atoms with Gasteiger partial charge in [-0.3, -0.25) is 0 Å². The number of rotatable bonds is 7. The Kier molecular flexibility index (Phi) is 6.06. The van der Waals surface area contributed by atoms with Gasteiger partial charge in [0.25, 0.3) is 0 Å². The average molecular weight is 426 g/mol. The first-order valence-electron chi connectivity index (χ1n) is 12.1. The van der Waals surface area contributed by atoms with Crippen LogP contribution in [-0.4, -0.2) is 13.2 Å². The molecule has 32 heavy (non-hydrogen) atoms. The van der Waals surface area contributed by atoms with Gasteiger partial charge in [-0.05, 0) is 79.2 Å². The van der Waals surface area contributed by atoms with Gasteiger partial charge in [-0.15, -0.1) is 0 Å². The van der Waals surface area contributed by atoms with Gasteiger partial charge >= 0.3 is 0 Å². The second-order valence-electron chi connectivity index (χ2n) is 9.86. The lowest BCUT2D eigenvalue weighted by Gasteiger charge is -2.38. The quantitative estimate of drug-likeness (QED) is 0.458. The second kappa shape index (κ2) is 9.11. The van der Waals surface area contributed by atoms with Crippen LogP contribution >= 0.6 is 0 Å². The Hall–Kier alpha value is -2.58. The van der Waals surface area contributed by atoms with Crippen molar-refractivity contribution >= 4 is 0 Å². The van der Waals surface area contributed by atoms with Crippen molar-refractivity contribution in [1.29, 1.82) is 0 Å². The molecule has 2 heteroatoms. The van der Waals surface area contributed by atoms with Crippen LogP contribution < -0.4 is 10.1 Å². The van der Waals surface area contributed by atoms with E-state index in [1.807, 2.05) is 0 Å². The highest BCUT2D eigenvalue weighted by molar-refractivity contribution is 5.42. The van der Waals surface area contributed by atoms with E-state index in [4.69, 9.17) is 4.74 Å². The van der Waals surface area contributed by atoms with Gasteiger partial charge in [0.05, 0.1) is 7.11 Å². The first kappa shape index (κ1) is 21.3. The van der Waals surface area contributed by atoms with Crippen LogP contribution in [0.25, 0.3) is 0 Å². The third kappa shape index (κ3) is 3.97. The summed E-state index contributed by atoms with van der Waals surface area (Å²) in [7, 11) is 1.79. The van der Waals surface area contributed by atoms with Crippen LogP contribution in [0, 0.1) is 31.6 Å². The third-order valence-electron chi connectivity index (χ3n) is 8.11. The lowest BCUT2D eigenvalue weighted by atomic mass is 9.70. The summed E-state index contributed by atoms with van der Waals surface area (Å²) >= 11 is 0. The molecule has 2 fully saturated rings. The summed E-state index contributed by atoms with van der Waals surface area (Å²) in [6, 6.07) is 27.4. The maximum Gasteiger partial charge on any atom is 0.123 e. The Bertz CT molecular complexity index is 1010. The van der Waals surface area contributed by atoms with Crippen LogP contribution in [0.3, 0.4) is 0 Å². The Morgan fingerprint density at radius 2 is 1.44 bits per heavy atom. The topological polar surface area (TPSA) is 21.3 Å². The summed E-state index contributed by atoms with van der Waals surface area (Å²) in [5.74, 6) is 3.63. The summed E-state index contributed by atoms with van der Waals surface area (Å²) in [6.45, 7) is 5.22. The molecule has 1 N–H and O–H groups in total. The highest BCUT2D eigenvalue weighted by Gasteiger charge is 2.50. The molecule has 2 nitrogen and oxygen atoms in total. The number of benzene rings is 3. The fourth-order valence-corrected chi connectivity index (χ4v) is 6.48. The standard InChI is InChI=1S/C30H35NO/c1-20-16-26(27(32-3)17-21(20)2)19-31-30-25-15-14-24(18-25)29(30)28(22-10-6-4-7-11-22)23-12-8-5-9-13-23/h4-13,16-17,24-25,28-31H,14-15,18-19H2,1-3H3. The SMILES string of the molecule is COc1cc(C)c(C)cc1CNC1C2CCC(C2)C1C(c1ccccc1)c1ccccc1. The van der Waals surface area contributed by atoms with E-state index in [9.17, 15) is 0 Å². The zero-order valence-corrected chi connectivity index (χ0v) is 19.6. The molecule has 0 spiro atoms. The van der Waals surface area contributed by atoms with Crippen molar-refractivity contribution in [2.75, 3.05) is 7.11 Å². The van der Waals surface area contributed by atoms with E-state index in [2.05, 4.69) is 92.0 Å². The minimum Gasteiger partial charge on any atom is -0.496 e. The van der Waals surface area contributed by atoms with Crippen LogP contribution in [0.5, 0.6) is 5.75 Å². The number of hydrogen-bond acceptors (Lipinski definition) is 2. The average Bonchev–Trinajstić information content (AvgIpc) is 3.43. The first-order valence-corrected chi connectivity index (χ1v) is 12.1. The van der Waals surface area contributed by atoms with E-state index in [-0.39, 0.29) is 0 Å². The Morgan fingerprint density at radius 1 is 0.844 bits per heavy atom. The van der Waals surface area contributed by atoms with E-state index in [1.165, 1.54) is 47.1 Å². The van der Waals surface area contributed by atoms with Gasteiger partial charge in [0.15, 0.2) is 0 Å². The fourth-order valence-electron chi connectivity index (χ4n) is 6.48. The number of hydrogen-bond donors (Lipinski definition) is 1. The molecule has 0 amide bonds. The van der Waals surface area contributed by atoms with Crippen molar-refractivity contribution in [1.82, 2.24) is 5.32 Å². The predicted octanol–water partition coefficient (Wildman–Crippen LogP) is 6.65. The van der Waals surface area contributed by atoms with Crippen LogP contribution in [0.1, 0.15) is 53.0 Å². The van der Waals surface area contributed by atoms with E-state index >= 15 is 0 Å². The Morgan fingerprint density at radius 3 is 2.06 bits per heavy atom. The first-order chi connectivity index (χ1) is 15.7. The molecule has 0 radical (unpaired) electrons. The number of aryl methyl sites for hydroxylation is 2. The second-order valence-corrected chi connectivity index (χ2v) is 9.86. The molecule has 0 saturated heterocycles. The van der Waals surface area contributed by atoms with Gasteiger partial charge in [0, 0.05) is 24.1 Å². The van der Waals surface area contributed by atoms with Crippen molar-refractivity contribution in [3.05, 3.63) is 101 Å². The van der Waals surface area contributed by atoms with Gasteiger partial charge in [-0.1, -0.05) is 66.7 Å². The van der Waals surface area contributed by atoms with Crippen molar-refractivity contribution in [3.8, 4) is 5.75 Å². The molecule has 2 bridgehead atoms. The normalized spacial score (nSPS) is 24.2. The van der Waals surface area contributed by atoms with Crippen LogP contribution in [0.4, 0.5) is 0 Å². The predicted molar refractivity (Wildman–Crippen MR) is 132 cm³/mol. The number of fused-ring (bicyclic) bond motifs is 2. The largest absolute Gasteiger partial charge is 0.496 e. The zero-order valence-electron chi connectivity index (χ0n) is 19.6. The Balaban J connectivity index is 1.47.